The fraction of sp³-hybridized carbons (Fsp3) is 0.600. The van der Waals surface area contributed by atoms with Gasteiger partial charge >= 0.3 is 23.9 Å². The van der Waals surface area contributed by atoms with Crippen molar-refractivity contribution in [2.75, 3.05) is 19.8 Å². The van der Waals surface area contributed by atoms with Crippen LogP contribution in [0.3, 0.4) is 0 Å². The Bertz CT molecular complexity index is 980. The lowest BCUT2D eigenvalue weighted by molar-refractivity contribution is -0.254. The van der Waals surface area contributed by atoms with Crippen molar-refractivity contribution in [2.24, 2.45) is 0 Å². The van der Waals surface area contributed by atoms with Gasteiger partial charge in [0.15, 0.2) is 29.8 Å². The Morgan fingerprint density at radius 2 is 1.38 bits per heavy atom. The molecule has 1 fully saturated rings. The number of carbonyl (C=O) groups excluding carboxylic acids is 4. The standard InChI is InChI=1S/C25H33BrO11/c1-7-31-19-10-17(11-26)9-18(21(19)32-8-2)22-24(35-15(5)29)25(36-16(6)30)23(34-14(4)28)20(37-22)12-33-13(3)27/h9-10,20,22-25H,7-8,11-12H2,1-6H3/t20-,22+,23-,24+,25+/m1/s1. The van der Waals surface area contributed by atoms with Crippen LogP contribution in [0.5, 0.6) is 11.5 Å². The van der Waals surface area contributed by atoms with Crippen molar-refractivity contribution >= 4 is 39.8 Å². The van der Waals surface area contributed by atoms with Crippen LogP contribution in [0.1, 0.15) is 58.8 Å². The molecular formula is C25H33BrO11. The molecule has 0 bridgehead atoms. The summed E-state index contributed by atoms with van der Waals surface area (Å²) in [5.41, 5.74) is 1.24. The van der Waals surface area contributed by atoms with Crippen molar-refractivity contribution in [3.63, 3.8) is 0 Å². The number of carbonyl (C=O) groups is 4. The van der Waals surface area contributed by atoms with Gasteiger partial charge in [-0.1, -0.05) is 15.9 Å². The molecule has 0 aliphatic carbocycles. The molecule has 2 rings (SSSR count). The summed E-state index contributed by atoms with van der Waals surface area (Å²) in [6.07, 6.45) is -5.95. The van der Waals surface area contributed by atoms with Crippen molar-refractivity contribution in [1.82, 2.24) is 0 Å². The van der Waals surface area contributed by atoms with Gasteiger partial charge in [-0.25, -0.2) is 0 Å². The highest BCUT2D eigenvalue weighted by Crippen LogP contribution is 2.45. The minimum atomic E-state index is -1.29. The SMILES string of the molecule is CCOc1cc(CBr)cc([C@@H]2O[C@H](COC(C)=O)[C@@H](OC(C)=O)[C@H](OC(C)=O)[C@H]2OC(C)=O)c1OCC. The molecule has 0 amide bonds. The first-order chi connectivity index (χ1) is 17.5. The van der Waals surface area contributed by atoms with Crippen LogP contribution >= 0.6 is 15.9 Å². The van der Waals surface area contributed by atoms with Crippen LogP contribution in [0.4, 0.5) is 0 Å². The smallest absolute Gasteiger partial charge is 0.303 e. The Morgan fingerprint density at radius 3 is 1.89 bits per heavy atom. The number of rotatable bonds is 11. The van der Waals surface area contributed by atoms with Gasteiger partial charge in [0.1, 0.15) is 18.8 Å². The largest absolute Gasteiger partial charge is 0.490 e. The maximum Gasteiger partial charge on any atom is 0.303 e. The molecular weight excluding hydrogens is 556 g/mol. The minimum absolute atomic E-state index is 0.284. The molecule has 1 saturated heterocycles. The highest BCUT2D eigenvalue weighted by molar-refractivity contribution is 9.08. The van der Waals surface area contributed by atoms with Gasteiger partial charge in [0, 0.05) is 38.6 Å². The first-order valence-corrected chi connectivity index (χ1v) is 12.9. The van der Waals surface area contributed by atoms with Crippen molar-refractivity contribution < 1.29 is 52.3 Å². The van der Waals surface area contributed by atoms with Crippen LogP contribution in [0, 0.1) is 0 Å². The normalized spacial score (nSPS) is 22.9. The Balaban J connectivity index is 2.77. The number of hydrogen-bond acceptors (Lipinski definition) is 11. The third kappa shape index (κ3) is 8.32. The molecule has 0 saturated carbocycles. The van der Waals surface area contributed by atoms with E-state index >= 15 is 0 Å². The quantitative estimate of drug-likeness (QED) is 0.214. The van der Waals surface area contributed by atoms with E-state index in [9.17, 15) is 19.2 Å². The lowest BCUT2D eigenvalue weighted by Crippen LogP contribution is -2.59. The minimum Gasteiger partial charge on any atom is -0.490 e. The van der Waals surface area contributed by atoms with Crippen molar-refractivity contribution in [2.45, 2.75) is 77.4 Å². The molecule has 37 heavy (non-hydrogen) atoms. The van der Waals surface area contributed by atoms with E-state index in [2.05, 4.69) is 15.9 Å². The second kappa shape index (κ2) is 14.2. The van der Waals surface area contributed by atoms with Gasteiger partial charge in [-0.2, -0.15) is 0 Å². The van der Waals surface area contributed by atoms with Gasteiger partial charge < -0.3 is 33.2 Å². The molecule has 1 heterocycles. The molecule has 0 radical (unpaired) electrons. The lowest BCUT2D eigenvalue weighted by atomic mass is 9.89. The van der Waals surface area contributed by atoms with Crippen LogP contribution in [0.25, 0.3) is 0 Å². The zero-order valence-corrected chi connectivity index (χ0v) is 23.3. The van der Waals surface area contributed by atoms with Crippen molar-refractivity contribution in [3.05, 3.63) is 23.3 Å². The Kier molecular flexibility index (Phi) is 11.6. The number of benzene rings is 1. The summed E-state index contributed by atoms with van der Waals surface area (Å²) in [7, 11) is 0. The summed E-state index contributed by atoms with van der Waals surface area (Å²) in [6, 6.07) is 3.58. The molecule has 0 aromatic heterocycles. The summed E-state index contributed by atoms with van der Waals surface area (Å²) in [4.78, 5) is 47.9. The van der Waals surface area contributed by atoms with Crippen LogP contribution in [0.2, 0.25) is 0 Å². The molecule has 12 heteroatoms. The molecule has 1 aromatic carbocycles. The van der Waals surface area contributed by atoms with Crippen LogP contribution in [-0.4, -0.2) is 68.1 Å². The molecule has 1 aromatic rings. The molecule has 5 atom stereocenters. The summed E-state index contributed by atoms with van der Waals surface area (Å²) >= 11 is 3.45. The maximum atomic E-state index is 12.2. The van der Waals surface area contributed by atoms with E-state index in [-0.39, 0.29) is 13.2 Å². The summed E-state index contributed by atoms with van der Waals surface area (Å²) < 4.78 is 39.8. The second-order valence-electron chi connectivity index (χ2n) is 8.13. The summed E-state index contributed by atoms with van der Waals surface area (Å²) in [6.45, 7) is 8.68. The Morgan fingerprint density at radius 1 is 0.811 bits per heavy atom. The molecule has 1 aliphatic heterocycles. The molecule has 11 nitrogen and oxygen atoms in total. The zero-order valence-electron chi connectivity index (χ0n) is 21.7. The second-order valence-corrected chi connectivity index (χ2v) is 8.69. The predicted molar refractivity (Wildman–Crippen MR) is 132 cm³/mol. The topological polar surface area (TPSA) is 133 Å². The van der Waals surface area contributed by atoms with Gasteiger partial charge in [-0.3, -0.25) is 19.2 Å². The number of halogens is 1. The number of alkyl halides is 1. The van der Waals surface area contributed by atoms with E-state index in [1.54, 1.807) is 19.1 Å². The van der Waals surface area contributed by atoms with E-state index in [0.29, 0.717) is 29.0 Å². The highest BCUT2D eigenvalue weighted by atomic mass is 79.9. The van der Waals surface area contributed by atoms with Gasteiger partial charge in [-0.05, 0) is 31.5 Å². The zero-order chi connectivity index (χ0) is 27.7. The van der Waals surface area contributed by atoms with Crippen LogP contribution < -0.4 is 9.47 Å². The average Bonchev–Trinajstić information content (AvgIpc) is 2.80. The number of esters is 4. The molecule has 0 spiro atoms. The van der Waals surface area contributed by atoms with Gasteiger partial charge in [-0.15, -0.1) is 0 Å². The maximum absolute atomic E-state index is 12.2. The lowest BCUT2D eigenvalue weighted by Gasteiger charge is -2.45. The number of hydrogen-bond donors (Lipinski definition) is 0. The summed E-state index contributed by atoms with van der Waals surface area (Å²) in [5.74, 6) is -1.91. The first kappa shape index (κ1) is 30.4. The van der Waals surface area contributed by atoms with Gasteiger partial charge in [0.2, 0.25) is 0 Å². The molecule has 206 valence electrons. The fourth-order valence-electron chi connectivity index (χ4n) is 4.01. The Hall–Kier alpha value is -2.86. The van der Waals surface area contributed by atoms with E-state index in [1.165, 1.54) is 27.7 Å². The van der Waals surface area contributed by atoms with E-state index in [1.807, 2.05) is 6.92 Å². The average molecular weight is 589 g/mol. The highest BCUT2D eigenvalue weighted by Gasteiger charge is 2.53. The van der Waals surface area contributed by atoms with Crippen LogP contribution in [0.15, 0.2) is 12.1 Å². The summed E-state index contributed by atoms with van der Waals surface area (Å²) in [5, 5.41) is 0.456. The van der Waals surface area contributed by atoms with Crippen LogP contribution in [-0.2, 0) is 48.2 Å². The van der Waals surface area contributed by atoms with E-state index in [4.69, 9.17) is 33.2 Å². The van der Waals surface area contributed by atoms with E-state index < -0.39 is 54.4 Å². The Labute approximate surface area is 224 Å². The first-order valence-electron chi connectivity index (χ1n) is 11.8. The third-order valence-electron chi connectivity index (χ3n) is 5.18. The number of ether oxygens (including phenoxy) is 7. The third-order valence-corrected chi connectivity index (χ3v) is 5.83. The van der Waals surface area contributed by atoms with Crippen molar-refractivity contribution in [3.8, 4) is 11.5 Å². The fourth-order valence-corrected chi connectivity index (χ4v) is 4.34. The predicted octanol–water partition coefficient (Wildman–Crippen LogP) is 3.18. The molecule has 0 N–H and O–H groups in total. The van der Waals surface area contributed by atoms with Gasteiger partial charge in [0.25, 0.3) is 0 Å². The molecule has 1 aliphatic rings. The van der Waals surface area contributed by atoms with Gasteiger partial charge in [0.05, 0.1) is 13.2 Å². The monoisotopic (exact) mass is 588 g/mol. The molecule has 0 unspecified atom stereocenters. The van der Waals surface area contributed by atoms with E-state index in [0.717, 1.165) is 5.56 Å². The van der Waals surface area contributed by atoms with Crippen molar-refractivity contribution in [1.29, 1.82) is 0 Å².